The molecule has 0 bridgehead atoms. The van der Waals surface area contributed by atoms with Crippen LogP contribution in [0.4, 0.5) is 0 Å². The van der Waals surface area contributed by atoms with Crippen molar-refractivity contribution < 1.29 is 0 Å². The first-order chi connectivity index (χ1) is 6.40. The highest BCUT2D eigenvalue weighted by Crippen LogP contribution is 2.10. The second-order valence-electron chi connectivity index (χ2n) is 2.63. The van der Waals surface area contributed by atoms with E-state index in [1.165, 1.54) is 0 Å². The summed E-state index contributed by atoms with van der Waals surface area (Å²) in [5.74, 6) is 0.515. The van der Waals surface area contributed by atoms with Gasteiger partial charge in [-0.25, -0.2) is 0 Å². The van der Waals surface area contributed by atoms with E-state index in [0.29, 0.717) is 5.88 Å². The summed E-state index contributed by atoms with van der Waals surface area (Å²) in [5.41, 5.74) is 2.84. The van der Waals surface area contributed by atoms with Crippen LogP contribution >= 0.6 is 11.6 Å². The van der Waals surface area contributed by atoms with E-state index in [9.17, 15) is 0 Å². The summed E-state index contributed by atoms with van der Waals surface area (Å²) in [6.45, 7) is 0. The molecule has 0 fully saturated rings. The van der Waals surface area contributed by atoms with Crippen LogP contribution in [0.2, 0.25) is 0 Å². The number of allylic oxidation sites excluding steroid dienone is 1. The zero-order valence-corrected chi connectivity index (χ0v) is 7.62. The number of nitrogens with zero attached hydrogens (tertiary/aromatic N) is 2. The predicted molar refractivity (Wildman–Crippen MR) is 53.6 cm³/mol. The van der Waals surface area contributed by atoms with Crippen LogP contribution in [0.25, 0.3) is 17.1 Å². The molecule has 66 valence electrons. The van der Waals surface area contributed by atoms with Gasteiger partial charge in [0.15, 0.2) is 0 Å². The Kier molecular flexibility index (Phi) is 2.27. The SMILES string of the molecule is ClCC=Cc1cnc2cn[nH]c2c1. The van der Waals surface area contributed by atoms with Gasteiger partial charge in [0.05, 0.1) is 11.7 Å². The van der Waals surface area contributed by atoms with Gasteiger partial charge in [-0.1, -0.05) is 12.2 Å². The summed E-state index contributed by atoms with van der Waals surface area (Å²) < 4.78 is 0. The molecule has 0 spiro atoms. The molecule has 0 unspecified atom stereocenters. The molecule has 0 saturated heterocycles. The Morgan fingerprint density at radius 2 is 2.38 bits per heavy atom. The van der Waals surface area contributed by atoms with Crippen LogP contribution in [-0.4, -0.2) is 21.1 Å². The first-order valence-corrected chi connectivity index (χ1v) is 4.45. The third-order valence-electron chi connectivity index (χ3n) is 1.71. The van der Waals surface area contributed by atoms with Gasteiger partial charge in [0.2, 0.25) is 0 Å². The van der Waals surface area contributed by atoms with Gasteiger partial charge >= 0.3 is 0 Å². The third kappa shape index (κ3) is 1.70. The van der Waals surface area contributed by atoms with Crippen molar-refractivity contribution in [2.24, 2.45) is 0 Å². The molecule has 2 rings (SSSR count). The van der Waals surface area contributed by atoms with Gasteiger partial charge in [0, 0.05) is 12.1 Å². The maximum Gasteiger partial charge on any atom is 0.108 e. The van der Waals surface area contributed by atoms with Gasteiger partial charge < -0.3 is 0 Å². The maximum atomic E-state index is 5.52. The molecule has 3 nitrogen and oxygen atoms in total. The molecular formula is C9H8ClN3. The monoisotopic (exact) mass is 193 g/mol. The fourth-order valence-electron chi connectivity index (χ4n) is 1.12. The minimum Gasteiger partial charge on any atom is -0.276 e. The fourth-order valence-corrected chi connectivity index (χ4v) is 1.21. The van der Waals surface area contributed by atoms with Crippen LogP contribution in [0.5, 0.6) is 0 Å². The number of H-pyrrole nitrogens is 1. The second kappa shape index (κ2) is 3.58. The van der Waals surface area contributed by atoms with Crippen molar-refractivity contribution in [1.29, 1.82) is 0 Å². The number of nitrogens with one attached hydrogen (secondary N) is 1. The van der Waals surface area contributed by atoms with E-state index in [1.54, 1.807) is 12.4 Å². The van der Waals surface area contributed by atoms with Crippen molar-refractivity contribution in [1.82, 2.24) is 15.2 Å². The van der Waals surface area contributed by atoms with Crippen LogP contribution in [0.1, 0.15) is 5.56 Å². The molecule has 4 heteroatoms. The minimum absolute atomic E-state index is 0.515. The number of hydrogen-bond donors (Lipinski definition) is 1. The Labute approximate surface area is 80.4 Å². The average molecular weight is 194 g/mol. The van der Waals surface area contributed by atoms with Crippen molar-refractivity contribution in [3.05, 3.63) is 30.1 Å². The molecule has 0 aliphatic rings. The Balaban J connectivity index is 2.42. The molecule has 13 heavy (non-hydrogen) atoms. The Morgan fingerprint density at radius 1 is 1.46 bits per heavy atom. The maximum absolute atomic E-state index is 5.52. The third-order valence-corrected chi connectivity index (χ3v) is 1.89. The molecular weight excluding hydrogens is 186 g/mol. The molecule has 0 aliphatic heterocycles. The summed E-state index contributed by atoms with van der Waals surface area (Å²) in [4.78, 5) is 4.21. The number of halogens is 1. The summed E-state index contributed by atoms with van der Waals surface area (Å²) in [6.07, 6.45) is 7.30. The van der Waals surface area contributed by atoms with Crippen molar-refractivity contribution in [3.8, 4) is 0 Å². The van der Waals surface area contributed by atoms with Crippen LogP contribution in [-0.2, 0) is 0 Å². The van der Waals surface area contributed by atoms with Gasteiger partial charge in [0.25, 0.3) is 0 Å². The normalized spacial score (nSPS) is 11.5. The topological polar surface area (TPSA) is 41.6 Å². The van der Waals surface area contributed by atoms with E-state index >= 15 is 0 Å². The lowest BCUT2D eigenvalue weighted by Gasteiger charge is -1.91. The summed E-state index contributed by atoms with van der Waals surface area (Å²) in [5, 5.41) is 6.74. The predicted octanol–water partition coefficient (Wildman–Crippen LogP) is 2.21. The lowest BCUT2D eigenvalue weighted by Crippen LogP contribution is -1.78. The van der Waals surface area contributed by atoms with E-state index in [-0.39, 0.29) is 0 Å². The molecule has 2 aromatic heterocycles. The van der Waals surface area contributed by atoms with Crippen LogP contribution < -0.4 is 0 Å². The molecule has 2 heterocycles. The van der Waals surface area contributed by atoms with Gasteiger partial charge in [-0.3, -0.25) is 10.1 Å². The second-order valence-corrected chi connectivity index (χ2v) is 2.94. The van der Waals surface area contributed by atoms with Crippen molar-refractivity contribution in [3.63, 3.8) is 0 Å². The summed E-state index contributed by atoms with van der Waals surface area (Å²) >= 11 is 5.52. The van der Waals surface area contributed by atoms with Crippen molar-refractivity contribution in [2.75, 3.05) is 5.88 Å². The quantitative estimate of drug-likeness (QED) is 0.743. The number of hydrogen-bond acceptors (Lipinski definition) is 2. The zero-order valence-electron chi connectivity index (χ0n) is 6.87. The van der Waals surface area contributed by atoms with E-state index in [0.717, 1.165) is 16.6 Å². The van der Waals surface area contributed by atoms with E-state index in [4.69, 9.17) is 11.6 Å². The number of alkyl halides is 1. The van der Waals surface area contributed by atoms with Gasteiger partial charge in [-0.15, -0.1) is 11.6 Å². The highest BCUT2D eigenvalue weighted by Gasteiger charge is 1.95. The summed E-state index contributed by atoms with van der Waals surface area (Å²) in [6, 6.07) is 1.98. The lowest BCUT2D eigenvalue weighted by molar-refractivity contribution is 1.12. The molecule has 0 radical (unpaired) electrons. The smallest absolute Gasteiger partial charge is 0.108 e. The highest BCUT2D eigenvalue weighted by atomic mass is 35.5. The molecule has 0 aliphatic carbocycles. The van der Waals surface area contributed by atoms with Crippen LogP contribution in [0, 0.1) is 0 Å². The highest BCUT2D eigenvalue weighted by molar-refractivity contribution is 6.19. The van der Waals surface area contributed by atoms with Gasteiger partial charge in [-0.05, 0) is 11.6 Å². The number of pyridine rings is 1. The van der Waals surface area contributed by atoms with Crippen LogP contribution in [0.15, 0.2) is 24.5 Å². The molecule has 0 saturated carbocycles. The van der Waals surface area contributed by atoms with Crippen LogP contribution in [0.3, 0.4) is 0 Å². The number of rotatable bonds is 2. The molecule has 1 N–H and O–H groups in total. The molecule has 0 amide bonds. The molecule has 0 aromatic carbocycles. The lowest BCUT2D eigenvalue weighted by atomic mass is 10.2. The van der Waals surface area contributed by atoms with E-state index in [2.05, 4.69) is 15.2 Å². The number of fused-ring (bicyclic) bond motifs is 1. The minimum atomic E-state index is 0.515. The first kappa shape index (κ1) is 8.26. The van der Waals surface area contributed by atoms with Gasteiger partial charge in [-0.2, -0.15) is 5.10 Å². The zero-order chi connectivity index (χ0) is 9.10. The first-order valence-electron chi connectivity index (χ1n) is 3.92. The molecule has 0 atom stereocenters. The Bertz CT molecular complexity index is 433. The van der Waals surface area contributed by atoms with Crippen molar-refractivity contribution in [2.45, 2.75) is 0 Å². The Hall–Kier alpha value is -1.35. The largest absolute Gasteiger partial charge is 0.276 e. The number of aromatic amines is 1. The van der Waals surface area contributed by atoms with E-state index in [1.807, 2.05) is 18.2 Å². The average Bonchev–Trinajstić information content (AvgIpc) is 2.61. The fraction of sp³-hybridized carbons (Fsp3) is 0.111. The summed E-state index contributed by atoms with van der Waals surface area (Å²) in [7, 11) is 0. The standard InChI is InChI=1S/C9H8ClN3/c10-3-1-2-7-4-8-9(11-5-7)6-12-13-8/h1-2,4-6H,3H2,(H,12,13). The Morgan fingerprint density at radius 3 is 3.23 bits per heavy atom. The van der Waals surface area contributed by atoms with E-state index < -0.39 is 0 Å². The van der Waals surface area contributed by atoms with Gasteiger partial charge in [0.1, 0.15) is 5.52 Å². The molecule has 2 aromatic rings. The van der Waals surface area contributed by atoms with Crippen molar-refractivity contribution >= 4 is 28.7 Å². The number of aromatic nitrogens is 3.